The maximum absolute atomic E-state index is 10.9. The number of esters is 1. The second-order valence-corrected chi connectivity index (χ2v) is 4.45. The SMILES string of the molecule is C=CC(=O)OCC(C)(N)CN1CSC=N1. The van der Waals surface area contributed by atoms with Gasteiger partial charge in [0.05, 0.1) is 23.5 Å². The van der Waals surface area contributed by atoms with Crippen molar-refractivity contribution in [3.63, 3.8) is 0 Å². The molecule has 84 valence electrons. The minimum Gasteiger partial charge on any atom is -0.461 e. The van der Waals surface area contributed by atoms with Crippen LogP contribution in [0.5, 0.6) is 0 Å². The fourth-order valence-corrected chi connectivity index (χ4v) is 1.69. The molecule has 0 saturated heterocycles. The molecule has 6 heteroatoms. The largest absolute Gasteiger partial charge is 0.461 e. The summed E-state index contributed by atoms with van der Waals surface area (Å²) in [6, 6.07) is 0. The van der Waals surface area contributed by atoms with E-state index < -0.39 is 11.5 Å². The van der Waals surface area contributed by atoms with E-state index in [4.69, 9.17) is 10.5 Å². The zero-order chi connectivity index (χ0) is 11.3. The van der Waals surface area contributed by atoms with Crippen molar-refractivity contribution in [2.75, 3.05) is 19.0 Å². The van der Waals surface area contributed by atoms with Gasteiger partial charge in [0.2, 0.25) is 0 Å². The van der Waals surface area contributed by atoms with Crippen LogP contribution in [0.25, 0.3) is 0 Å². The van der Waals surface area contributed by atoms with E-state index in [2.05, 4.69) is 11.7 Å². The van der Waals surface area contributed by atoms with Gasteiger partial charge in [-0.1, -0.05) is 18.3 Å². The maximum Gasteiger partial charge on any atom is 0.330 e. The zero-order valence-corrected chi connectivity index (χ0v) is 9.50. The summed E-state index contributed by atoms with van der Waals surface area (Å²) in [4.78, 5) is 10.9. The number of thioether (sulfide) groups is 1. The summed E-state index contributed by atoms with van der Waals surface area (Å²) in [5.41, 5.74) is 7.14. The van der Waals surface area contributed by atoms with Crippen molar-refractivity contribution >= 4 is 23.3 Å². The van der Waals surface area contributed by atoms with Crippen LogP contribution in [0.15, 0.2) is 17.8 Å². The maximum atomic E-state index is 10.9. The lowest BCUT2D eigenvalue weighted by Gasteiger charge is -2.27. The van der Waals surface area contributed by atoms with E-state index in [0.29, 0.717) is 6.54 Å². The van der Waals surface area contributed by atoms with E-state index in [0.717, 1.165) is 12.0 Å². The molecule has 0 spiro atoms. The number of carbonyl (C=O) groups excluding carboxylic acids is 1. The molecule has 1 heterocycles. The van der Waals surface area contributed by atoms with Gasteiger partial charge in [0, 0.05) is 6.08 Å². The monoisotopic (exact) mass is 229 g/mol. The fraction of sp³-hybridized carbons (Fsp3) is 0.556. The molecule has 0 aromatic carbocycles. The number of hydrogen-bond donors (Lipinski definition) is 1. The highest BCUT2D eigenvalue weighted by molar-refractivity contribution is 8.12. The third-order valence-corrected chi connectivity index (χ3v) is 2.45. The highest BCUT2D eigenvalue weighted by Gasteiger charge is 2.24. The van der Waals surface area contributed by atoms with Gasteiger partial charge in [-0.3, -0.25) is 5.01 Å². The number of carbonyl (C=O) groups is 1. The summed E-state index contributed by atoms with van der Waals surface area (Å²) < 4.78 is 4.90. The molecule has 1 rings (SSSR count). The van der Waals surface area contributed by atoms with Gasteiger partial charge in [0.1, 0.15) is 6.61 Å². The molecule has 2 N–H and O–H groups in total. The second kappa shape index (κ2) is 5.18. The van der Waals surface area contributed by atoms with Crippen molar-refractivity contribution in [2.24, 2.45) is 10.8 Å². The summed E-state index contributed by atoms with van der Waals surface area (Å²) in [5, 5.41) is 5.94. The quantitative estimate of drug-likeness (QED) is 0.545. The summed E-state index contributed by atoms with van der Waals surface area (Å²) >= 11 is 1.61. The van der Waals surface area contributed by atoms with E-state index in [9.17, 15) is 4.79 Å². The van der Waals surface area contributed by atoms with Crippen molar-refractivity contribution in [2.45, 2.75) is 12.5 Å². The molecular formula is C9H15N3O2S. The van der Waals surface area contributed by atoms with Gasteiger partial charge in [-0.25, -0.2) is 4.79 Å². The number of nitrogens with zero attached hydrogens (tertiary/aromatic N) is 2. The highest BCUT2D eigenvalue weighted by Crippen LogP contribution is 2.13. The Morgan fingerprint density at radius 3 is 3.20 bits per heavy atom. The molecule has 0 aromatic rings. The van der Waals surface area contributed by atoms with E-state index in [1.54, 1.807) is 17.3 Å². The molecule has 1 aliphatic rings. The first-order valence-electron chi connectivity index (χ1n) is 4.50. The molecule has 0 aromatic heterocycles. The van der Waals surface area contributed by atoms with Gasteiger partial charge in [-0.05, 0) is 6.92 Å². The molecule has 5 nitrogen and oxygen atoms in total. The van der Waals surface area contributed by atoms with Gasteiger partial charge in [-0.2, -0.15) is 5.10 Å². The summed E-state index contributed by atoms with van der Waals surface area (Å²) in [7, 11) is 0. The summed E-state index contributed by atoms with van der Waals surface area (Å²) in [5.74, 6) is 0.341. The molecule has 0 radical (unpaired) electrons. The van der Waals surface area contributed by atoms with Gasteiger partial charge >= 0.3 is 5.97 Å². The Morgan fingerprint density at radius 1 is 1.93 bits per heavy atom. The molecule has 0 saturated carbocycles. The third kappa shape index (κ3) is 4.35. The van der Waals surface area contributed by atoms with Crippen molar-refractivity contribution in [1.29, 1.82) is 0 Å². The minimum atomic E-state index is -0.596. The van der Waals surface area contributed by atoms with Crippen LogP contribution in [-0.2, 0) is 9.53 Å². The summed E-state index contributed by atoms with van der Waals surface area (Å²) in [6.45, 7) is 5.85. The van der Waals surface area contributed by atoms with Crippen molar-refractivity contribution in [1.82, 2.24) is 5.01 Å². The van der Waals surface area contributed by atoms with Gasteiger partial charge in [0.25, 0.3) is 0 Å². The molecule has 1 unspecified atom stereocenters. The normalized spacial score (nSPS) is 18.7. The van der Waals surface area contributed by atoms with Crippen LogP contribution >= 0.6 is 11.8 Å². The van der Waals surface area contributed by atoms with Gasteiger partial charge in [0.15, 0.2) is 0 Å². The molecular weight excluding hydrogens is 214 g/mol. The van der Waals surface area contributed by atoms with Crippen LogP contribution in [0.3, 0.4) is 0 Å². The van der Waals surface area contributed by atoms with Crippen LogP contribution in [-0.4, -0.2) is 41.1 Å². The standard InChI is InChI=1S/C9H15N3O2S/c1-3-8(13)14-5-9(2,10)4-12-7-15-6-11-12/h3,6H,1,4-5,7,10H2,2H3. The Kier molecular flexibility index (Phi) is 4.16. The van der Waals surface area contributed by atoms with Crippen LogP contribution in [0, 0.1) is 0 Å². The Balaban J connectivity index is 2.33. The predicted molar refractivity (Wildman–Crippen MR) is 61.4 cm³/mol. The highest BCUT2D eigenvalue weighted by atomic mass is 32.2. The third-order valence-electron chi connectivity index (χ3n) is 1.76. The average Bonchev–Trinajstić information content (AvgIpc) is 2.66. The van der Waals surface area contributed by atoms with Crippen LogP contribution in [0.4, 0.5) is 0 Å². The first-order valence-corrected chi connectivity index (χ1v) is 5.55. The van der Waals surface area contributed by atoms with Crippen LogP contribution < -0.4 is 5.73 Å². The first-order chi connectivity index (χ1) is 7.03. The average molecular weight is 229 g/mol. The van der Waals surface area contributed by atoms with Crippen LogP contribution in [0.1, 0.15) is 6.92 Å². The smallest absolute Gasteiger partial charge is 0.330 e. The molecule has 0 fully saturated rings. The van der Waals surface area contributed by atoms with Crippen molar-refractivity contribution in [3.05, 3.63) is 12.7 Å². The lowest BCUT2D eigenvalue weighted by molar-refractivity contribution is -0.139. The lowest BCUT2D eigenvalue weighted by Crippen LogP contribution is -2.49. The lowest BCUT2D eigenvalue weighted by atomic mass is 10.1. The number of hydrazone groups is 1. The molecule has 0 bridgehead atoms. The summed E-state index contributed by atoms with van der Waals surface area (Å²) in [6.07, 6.45) is 1.12. The molecule has 15 heavy (non-hydrogen) atoms. The molecule has 1 aliphatic heterocycles. The van der Waals surface area contributed by atoms with Crippen molar-refractivity contribution in [3.8, 4) is 0 Å². The van der Waals surface area contributed by atoms with Crippen molar-refractivity contribution < 1.29 is 9.53 Å². The fourth-order valence-electron chi connectivity index (χ4n) is 1.10. The van der Waals surface area contributed by atoms with E-state index in [-0.39, 0.29) is 6.61 Å². The van der Waals surface area contributed by atoms with E-state index >= 15 is 0 Å². The van der Waals surface area contributed by atoms with E-state index in [1.165, 1.54) is 0 Å². The first kappa shape index (κ1) is 12.1. The number of rotatable bonds is 5. The molecule has 0 amide bonds. The second-order valence-electron chi connectivity index (χ2n) is 3.65. The predicted octanol–water partition coefficient (Wildman–Crippen LogP) is 0.383. The van der Waals surface area contributed by atoms with Gasteiger partial charge in [-0.15, -0.1) is 0 Å². The van der Waals surface area contributed by atoms with Gasteiger partial charge < -0.3 is 10.5 Å². The Labute approximate surface area is 93.3 Å². The molecule has 0 aliphatic carbocycles. The zero-order valence-electron chi connectivity index (χ0n) is 8.68. The van der Waals surface area contributed by atoms with E-state index in [1.807, 2.05) is 11.9 Å². The Morgan fingerprint density at radius 2 is 2.67 bits per heavy atom. The number of nitrogens with two attached hydrogens (primary N) is 1. The Bertz CT molecular complexity index is 279. The number of hydrogen-bond acceptors (Lipinski definition) is 6. The molecule has 1 atom stereocenters. The van der Waals surface area contributed by atoms with Crippen LogP contribution in [0.2, 0.25) is 0 Å². The topological polar surface area (TPSA) is 67.9 Å². The number of ether oxygens (including phenoxy) is 1. The Hall–Kier alpha value is -1.01. The minimum absolute atomic E-state index is 0.161.